The predicted molar refractivity (Wildman–Crippen MR) is 87.7 cm³/mol. The smallest absolute Gasteiger partial charge is 0.336 e. The van der Waals surface area contributed by atoms with Gasteiger partial charge in [-0.25, -0.2) is 9.78 Å². The van der Waals surface area contributed by atoms with E-state index in [1.807, 2.05) is 42.7 Å². The van der Waals surface area contributed by atoms with Gasteiger partial charge in [0.1, 0.15) is 17.9 Å². The summed E-state index contributed by atoms with van der Waals surface area (Å²) in [6, 6.07) is 16.6. The molecule has 2 heterocycles. The van der Waals surface area contributed by atoms with Crippen LogP contribution in [0.15, 0.2) is 70.1 Å². The summed E-state index contributed by atoms with van der Waals surface area (Å²) < 4.78 is 13.0. The van der Waals surface area contributed by atoms with Gasteiger partial charge < -0.3 is 13.7 Å². The van der Waals surface area contributed by atoms with E-state index in [2.05, 4.69) is 9.55 Å². The Morgan fingerprint density at radius 1 is 1.09 bits per heavy atom. The van der Waals surface area contributed by atoms with E-state index in [9.17, 15) is 4.79 Å². The first-order chi connectivity index (χ1) is 11.3. The number of rotatable bonds is 4. The molecule has 0 amide bonds. The van der Waals surface area contributed by atoms with Crippen LogP contribution in [0.1, 0.15) is 0 Å². The molecule has 5 heteroatoms. The highest BCUT2D eigenvalue weighted by Gasteiger charge is 2.03. The Labute approximate surface area is 131 Å². The van der Waals surface area contributed by atoms with Gasteiger partial charge in [-0.1, -0.05) is 12.1 Å². The average Bonchev–Trinajstić information content (AvgIpc) is 2.98. The van der Waals surface area contributed by atoms with E-state index in [0.717, 1.165) is 16.4 Å². The number of hydrogen-bond acceptors (Lipinski definition) is 4. The molecule has 0 saturated carbocycles. The molecule has 2 aromatic heterocycles. The Kier molecular flexibility index (Phi) is 3.31. The summed E-state index contributed by atoms with van der Waals surface area (Å²) in [6.07, 6.45) is 1.81. The van der Waals surface area contributed by atoms with E-state index in [4.69, 9.17) is 9.15 Å². The van der Waals surface area contributed by atoms with Crippen molar-refractivity contribution in [3.8, 4) is 5.75 Å². The van der Waals surface area contributed by atoms with E-state index in [1.165, 1.54) is 6.07 Å². The number of nitrogens with zero attached hydrogens (tertiary/aromatic N) is 2. The number of para-hydroxylation sites is 2. The molecule has 0 radical (unpaired) electrons. The van der Waals surface area contributed by atoms with E-state index in [-0.39, 0.29) is 5.63 Å². The molecule has 23 heavy (non-hydrogen) atoms. The van der Waals surface area contributed by atoms with Crippen molar-refractivity contribution in [1.82, 2.24) is 9.55 Å². The first-order valence-electron chi connectivity index (χ1n) is 7.36. The summed E-state index contributed by atoms with van der Waals surface area (Å²) in [4.78, 5) is 15.6. The normalized spacial score (nSPS) is 11.1. The molecule has 0 saturated heterocycles. The third kappa shape index (κ3) is 2.68. The zero-order chi connectivity index (χ0) is 15.6. The molecular formula is C18H14N2O3. The van der Waals surface area contributed by atoms with Crippen LogP contribution in [0.25, 0.3) is 22.0 Å². The van der Waals surface area contributed by atoms with Crippen molar-refractivity contribution in [3.63, 3.8) is 0 Å². The first-order valence-corrected chi connectivity index (χ1v) is 7.36. The molecule has 0 N–H and O–H groups in total. The second kappa shape index (κ2) is 5.61. The molecule has 0 bridgehead atoms. The molecule has 0 aliphatic carbocycles. The van der Waals surface area contributed by atoms with Crippen molar-refractivity contribution in [2.45, 2.75) is 6.54 Å². The predicted octanol–water partition coefficient (Wildman–Crippen LogP) is 3.22. The Morgan fingerprint density at radius 3 is 2.91 bits per heavy atom. The first kappa shape index (κ1) is 13.6. The van der Waals surface area contributed by atoms with Crippen molar-refractivity contribution in [3.05, 3.63) is 71.3 Å². The number of benzene rings is 2. The SMILES string of the molecule is O=c1ccc2ccc(OCCn3cnc4ccccc43)cc2o1. The molecule has 0 fully saturated rings. The Bertz CT molecular complexity index is 1030. The van der Waals surface area contributed by atoms with Gasteiger partial charge in [0.2, 0.25) is 0 Å². The van der Waals surface area contributed by atoms with E-state index >= 15 is 0 Å². The van der Waals surface area contributed by atoms with Crippen molar-refractivity contribution >= 4 is 22.0 Å². The van der Waals surface area contributed by atoms with Gasteiger partial charge in [0.15, 0.2) is 0 Å². The maximum Gasteiger partial charge on any atom is 0.336 e. The monoisotopic (exact) mass is 306 g/mol. The zero-order valence-corrected chi connectivity index (χ0v) is 12.3. The van der Waals surface area contributed by atoms with E-state index < -0.39 is 0 Å². The molecule has 0 unspecified atom stereocenters. The summed E-state index contributed by atoms with van der Waals surface area (Å²) in [7, 11) is 0. The fourth-order valence-electron chi connectivity index (χ4n) is 2.58. The summed E-state index contributed by atoms with van der Waals surface area (Å²) in [5.41, 5.74) is 2.23. The lowest BCUT2D eigenvalue weighted by atomic mass is 10.2. The van der Waals surface area contributed by atoms with Gasteiger partial charge in [0.05, 0.1) is 23.9 Å². The van der Waals surface area contributed by atoms with Crippen molar-refractivity contribution in [1.29, 1.82) is 0 Å². The lowest BCUT2D eigenvalue weighted by molar-refractivity contribution is 0.300. The highest BCUT2D eigenvalue weighted by atomic mass is 16.5. The Hall–Kier alpha value is -3.08. The zero-order valence-electron chi connectivity index (χ0n) is 12.3. The molecule has 0 spiro atoms. The molecule has 4 aromatic rings. The van der Waals surface area contributed by atoms with Crippen molar-refractivity contribution in [2.24, 2.45) is 0 Å². The van der Waals surface area contributed by atoms with E-state index in [0.29, 0.717) is 24.5 Å². The number of imidazole rings is 1. The van der Waals surface area contributed by atoms with Crippen LogP contribution >= 0.6 is 0 Å². The largest absolute Gasteiger partial charge is 0.492 e. The minimum Gasteiger partial charge on any atom is -0.492 e. The minimum absolute atomic E-state index is 0.362. The van der Waals surface area contributed by atoms with Gasteiger partial charge in [-0.05, 0) is 30.3 Å². The Balaban J connectivity index is 1.49. The highest BCUT2D eigenvalue weighted by molar-refractivity contribution is 5.77. The van der Waals surface area contributed by atoms with Crippen LogP contribution in [0, 0.1) is 0 Å². The fourth-order valence-corrected chi connectivity index (χ4v) is 2.58. The summed E-state index contributed by atoms with van der Waals surface area (Å²) in [6.45, 7) is 1.19. The standard InChI is InChI=1S/C18H14N2O3/c21-18-8-6-13-5-7-14(11-17(13)23-18)22-10-9-20-12-19-15-3-1-2-4-16(15)20/h1-8,11-12H,9-10H2. The molecule has 2 aromatic carbocycles. The van der Waals surface area contributed by atoms with Crippen LogP contribution in [0.3, 0.4) is 0 Å². The second-order valence-electron chi connectivity index (χ2n) is 5.23. The molecule has 114 valence electrons. The van der Waals surface area contributed by atoms with Gasteiger partial charge in [-0.15, -0.1) is 0 Å². The average molecular weight is 306 g/mol. The van der Waals surface area contributed by atoms with E-state index in [1.54, 1.807) is 12.1 Å². The number of aromatic nitrogens is 2. The number of ether oxygens (including phenoxy) is 1. The van der Waals surface area contributed by atoms with Crippen molar-refractivity contribution < 1.29 is 9.15 Å². The van der Waals surface area contributed by atoms with Gasteiger partial charge in [-0.3, -0.25) is 0 Å². The molecular weight excluding hydrogens is 292 g/mol. The Morgan fingerprint density at radius 2 is 1.96 bits per heavy atom. The van der Waals surface area contributed by atoms with Gasteiger partial charge in [0.25, 0.3) is 0 Å². The third-order valence-corrected chi connectivity index (χ3v) is 3.72. The fraction of sp³-hybridized carbons (Fsp3) is 0.111. The van der Waals surface area contributed by atoms with Crippen LogP contribution < -0.4 is 10.4 Å². The van der Waals surface area contributed by atoms with Gasteiger partial charge in [0, 0.05) is 17.5 Å². The van der Waals surface area contributed by atoms with Gasteiger partial charge in [-0.2, -0.15) is 0 Å². The maximum absolute atomic E-state index is 11.3. The second-order valence-corrected chi connectivity index (χ2v) is 5.23. The molecule has 0 atom stereocenters. The molecule has 0 aliphatic heterocycles. The van der Waals surface area contributed by atoms with Crippen LogP contribution in [-0.4, -0.2) is 16.2 Å². The third-order valence-electron chi connectivity index (χ3n) is 3.72. The molecule has 5 nitrogen and oxygen atoms in total. The quantitative estimate of drug-likeness (QED) is 0.543. The van der Waals surface area contributed by atoms with Crippen LogP contribution in [0.2, 0.25) is 0 Å². The molecule has 0 aliphatic rings. The van der Waals surface area contributed by atoms with Crippen LogP contribution in [0.4, 0.5) is 0 Å². The lowest BCUT2D eigenvalue weighted by Gasteiger charge is -2.08. The maximum atomic E-state index is 11.3. The number of fused-ring (bicyclic) bond motifs is 2. The molecule has 4 rings (SSSR count). The van der Waals surface area contributed by atoms with Crippen LogP contribution in [0.5, 0.6) is 5.75 Å². The summed E-state index contributed by atoms with van der Waals surface area (Å²) in [5, 5.41) is 0.873. The summed E-state index contributed by atoms with van der Waals surface area (Å²) in [5.74, 6) is 0.677. The highest BCUT2D eigenvalue weighted by Crippen LogP contribution is 2.19. The number of hydrogen-bond donors (Lipinski definition) is 0. The topological polar surface area (TPSA) is 57.3 Å². The van der Waals surface area contributed by atoms with Crippen molar-refractivity contribution in [2.75, 3.05) is 6.61 Å². The van der Waals surface area contributed by atoms with Gasteiger partial charge >= 0.3 is 5.63 Å². The van der Waals surface area contributed by atoms with Crippen LogP contribution in [-0.2, 0) is 6.54 Å². The summed E-state index contributed by atoms with van der Waals surface area (Å²) >= 11 is 0. The lowest BCUT2D eigenvalue weighted by Crippen LogP contribution is -2.07. The minimum atomic E-state index is -0.362.